The number of hydrogen-bond donors (Lipinski definition) is 2. The third-order valence-electron chi connectivity index (χ3n) is 4.74. The summed E-state index contributed by atoms with van der Waals surface area (Å²) in [6.07, 6.45) is 0.0165. The lowest BCUT2D eigenvalue weighted by atomic mass is 10.1. The second-order valence-corrected chi connectivity index (χ2v) is 10.9. The molecule has 1 heterocycles. The minimum Gasteiger partial charge on any atom is -0.379 e. The number of morpholine rings is 1. The topological polar surface area (TPSA) is 122 Å². The fraction of sp³-hybridized carbons (Fsp3) is 0.350. The largest absolute Gasteiger partial charge is 0.379 e. The Hall–Kier alpha value is -2.54. The van der Waals surface area contributed by atoms with Gasteiger partial charge in [-0.15, -0.1) is 0 Å². The van der Waals surface area contributed by atoms with E-state index in [1.165, 1.54) is 16.4 Å². The zero-order chi connectivity index (χ0) is 23.2. The molecule has 3 rings (SSSR count). The first kappa shape index (κ1) is 24.1. The molecule has 0 spiro atoms. The molecule has 2 aromatic carbocycles. The van der Waals surface area contributed by atoms with E-state index in [0.717, 1.165) is 24.3 Å². The Balaban J connectivity index is 1.48. The highest BCUT2D eigenvalue weighted by molar-refractivity contribution is 7.92. The standard InChI is InChI=1S/C20H24FN3O6S2/c21-17-3-7-19(8-4-17)32(28,29)23-18-5-1-16(2-6-18)15-20(25)22-9-14-31(26,27)24-10-12-30-13-11-24/h1-8,23H,9-15H2,(H,22,25). The number of nitrogens with one attached hydrogen (secondary N) is 2. The van der Waals surface area contributed by atoms with Crippen molar-refractivity contribution >= 4 is 31.6 Å². The molecule has 0 aromatic heterocycles. The van der Waals surface area contributed by atoms with Gasteiger partial charge in [-0.25, -0.2) is 21.2 Å². The first-order valence-corrected chi connectivity index (χ1v) is 12.9. The summed E-state index contributed by atoms with van der Waals surface area (Å²) < 4.78 is 71.0. The van der Waals surface area contributed by atoms with Gasteiger partial charge in [0.25, 0.3) is 10.0 Å². The van der Waals surface area contributed by atoms with Crippen molar-refractivity contribution in [1.82, 2.24) is 9.62 Å². The number of rotatable bonds is 9. The molecule has 1 aliphatic rings. The fourth-order valence-electron chi connectivity index (χ4n) is 3.04. The molecule has 1 amide bonds. The Morgan fingerprint density at radius 1 is 0.969 bits per heavy atom. The van der Waals surface area contributed by atoms with E-state index in [1.807, 2.05) is 0 Å². The molecule has 0 radical (unpaired) electrons. The van der Waals surface area contributed by atoms with Gasteiger partial charge < -0.3 is 10.1 Å². The van der Waals surface area contributed by atoms with Crippen molar-refractivity contribution in [2.75, 3.05) is 43.3 Å². The summed E-state index contributed by atoms with van der Waals surface area (Å²) >= 11 is 0. The van der Waals surface area contributed by atoms with Gasteiger partial charge in [-0.2, -0.15) is 4.31 Å². The van der Waals surface area contributed by atoms with Gasteiger partial charge >= 0.3 is 0 Å². The number of sulfonamides is 2. The van der Waals surface area contributed by atoms with Crippen LogP contribution in [-0.4, -0.2) is 65.6 Å². The van der Waals surface area contributed by atoms with Crippen LogP contribution in [0.15, 0.2) is 53.4 Å². The minimum absolute atomic E-state index is 0.00588. The van der Waals surface area contributed by atoms with Crippen LogP contribution >= 0.6 is 0 Å². The van der Waals surface area contributed by atoms with Crippen LogP contribution in [0.3, 0.4) is 0 Å². The van der Waals surface area contributed by atoms with Crippen LogP contribution in [0, 0.1) is 5.82 Å². The maximum atomic E-state index is 13.0. The summed E-state index contributed by atoms with van der Waals surface area (Å²) in [6, 6.07) is 10.6. The number of anilines is 1. The second kappa shape index (κ2) is 10.4. The van der Waals surface area contributed by atoms with E-state index in [9.17, 15) is 26.0 Å². The average Bonchev–Trinajstić information content (AvgIpc) is 2.76. The lowest BCUT2D eigenvalue weighted by Gasteiger charge is -2.26. The lowest BCUT2D eigenvalue weighted by Crippen LogP contribution is -2.43. The van der Waals surface area contributed by atoms with Crippen molar-refractivity contribution in [3.8, 4) is 0 Å². The number of amides is 1. The Labute approximate surface area is 186 Å². The average molecular weight is 486 g/mol. The van der Waals surface area contributed by atoms with Crippen molar-refractivity contribution < 1.29 is 30.8 Å². The molecule has 9 nitrogen and oxygen atoms in total. The zero-order valence-electron chi connectivity index (χ0n) is 17.2. The van der Waals surface area contributed by atoms with E-state index in [1.54, 1.807) is 12.1 Å². The molecule has 0 unspecified atom stereocenters. The molecule has 0 aliphatic carbocycles. The number of halogens is 1. The monoisotopic (exact) mass is 485 g/mol. The Morgan fingerprint density at radius 3 is 2.22 bits per heavy atom. The van der Waals surface area contributed by atoms with Crippen molar-refractivity contribution in [3.63, 3.8) is 0 Å². The van der Waals surface area contributed by atoms with E-state index in [2.05, 4.69) is 10.0 Å². The highest BCUT2D eigenvalue weighted by Crippen LogP contribution is 2.17. The SMILES string of the molecule is O=C(Cc1ccc(NS(=O)(=O)c2ccc(F)cc2)cc1)NCCS(=O)(=O)N1CCOCC1. The number of ether oxygens (including phenoxy) is 1. The molecule has 2 aromatic rings. The summed E-state index contributed by atoms with van der Waals surface area (Å²) in [6.45, 7) is 1.35. The first-order chi connectivity index (χ1) is 15.2. The summed E-state index contributed by atoms with van der Waals surface area (Å²) in [5, 5.41) is 2.59. The van der Waals surface area contributed by atoms with E-state index in [0.29, 0.717) is 31.9 Å². The van der Waals surface area contributed by atoms with Crippen LogP contribution in [0.4, 0.5) is 10.1 Å². The van der Waals surface area contributed by atoms with Crippen LogP contribution in [0.1, 0.15) is 5.56 Å². The molecule has 0 saturated carbocycles. The maximum absolute atomic E-state index is 13.0. The molecule has 1 fully saturated rings. The molecular weight excluding hydrogens is 461 g/mol. The number of hydrogen-bond acceptors (Lipinski definition) is 6. The van der Waals surface area contributed by atoms with Gasteiger partial charge in [0.05, 0.1) is 30.3 Å². The zero-order valence-corrected chi connectivity index (χ0v) is 18.8. The van der Waals surface area contributed by atoms with Gasteiger partial charge in [0.2, 0.25) is 15.9 Å². The van der Waals surface area contributed by atoms with Crippen LogP contribution in [-0.2, 0) is 36.0 Å². The Morgan fingerprint density at radius 2 is 1.59 bits per heavy atom. The van der Waals surface area contributed by atoms with Crippen LogP contribution in [0.2, 0.25) is 0 Å². The number of carbonyl (C=O) groups is 1. The van der Waals surface area contributed by atoms with Gasteiger partial charge in [-0.05, 0) is 42.0 Å². The molecule has 12 heteroatoms. The first-order valence-electron chi connectivity index (χ1n) is 9.85. The van der Waals surface area contributed by atoms with Crippen LogP contribution in [0.5, 0.6) is 0 Å². The molecule has 0 bridgehead atoms. The van der Waals surface area contributed by atoms with Crippen LogP contribution < -0.4 is 10.0 Å². The number of benzene rings is 2. The third kappa shape index (κ3) is 6.73. The van der Waals surface area contributed by atoms with Gasteiger partial charge in [0.15, 0.2) is 0 Å². The summed E-state index contributed by atoms with van der Waals surface area (Å²) in [5.41, 5.74) is 0.915. The summed E-state index contributed by atoms with van der Waals surface area (Å²) in [7, 11) is -7.31. The van der Waals surface area contributed by atoms with E-state index < -0.39 is 25.9 Å². The molecule has 2 N–H and O–H groups in total. The Bertz CT molecular complexity index is 1130. The highest BCUT2D eigenvalue weighted by Gasteiger charge is 2.24. The van der Waals surface area contributed by atoms with E-state index in [4.69, 9.17) is 4.74 Å². The van der Waals surface area contributed by atoms with Crippen molar-refractivity contribution in [2.24, 2.45) is 0 Å². The third-order valence-corrected chi connectivity index (χ3v) is 8.01. The predicted octanol–water partition coefficient (Wildman–Crippen LogP) is 0.947. The molecular formula is C20H24FN3O6S2. The maximum Gasteiger partial charge on any atom is 0.261 e. The van der Waals surface area contributed by atoms with Crippen molar-refractivity contribution in [3.05, 3.63) is 59.9 Å². The van der Waals surface area contributed by atoms with Crippen LogP contribution in [0.25, 0.3) is 0 Å². The molecule has 1 aliphatic heterocycles. The minimum atomic E-state index is -3.87. The fourth-order valence-corrected chi connectivity index (χ4v) is 5.42. The van der Waals surface area contributed by atoms with Gasteiger partial charge in [-0.1, -0.05) is 12.1 Å². The van der Waals surface area contributed by atoms with E-state index in [-0.39, 0.29) is 35.2 Å². The smallest absolute Gasteiger partial charge is 0.261 e. The lowest BCUT2D eigenvalue weighted by molar-refractivity contribution is -0.120. The number of nitrogens with zero attached hydrogens (tertiary/aromatic N) is 1. The molecule has 1 saturated heterocycles. The molecule has 174 valence electrons. The summed E-state index contributed by atoms with van der Waals surface area (Å²) in [5.74, 6) is -1.07. The van der Waals surface area contributed by atoms with Gasteiger partial charge in [0.1, 0.15) is 5.82 Å². The molecule has 32 heavy (non-hydrogen) atoms. The summed E-state index contributed by atoms with van der Waals surface area (Å²) in [4.78, 5) is 12.0. The second-order valence-electron chi connectivity index (χ2n) is 7.11. The molecule has 0 atom stereocenters. The quantitative estimate of drug-likeness (QED) is 0.545. The van der Waals surface area contributed by atoms with Gasteiger partial charge in [0, 0.05) is 25.3 Å². The number of carbonyl (C=O) groups excluding carboxylic acids is 1. The van der Waals surface area contributed by atoms with E-state index >= 15 is 0 Å². The van der Waals surface area contributed by atoms with Crippen molar-refractivity contribution in [2.45, 2.75) is 11.3 Å². The predicted molar refractivity (Wildman–Crippen MR) is 117 cm³/mol. The Kier molecular flexibility index (Phi) is 7.82. The van der Waals surface area contributed by atoms with Gasteiger partial charge in [-0.3, -0.25) is 9.52 Å². The highest BCUT2D eigenvalue weighted by atomic mass is 32.2. The normalized spacial score (nSPS) is 15.3. The van der Waals surface area contributed by atoms with Crippen molar-refractivity contribution in [1.29, 1.82) is 0 Å².